The molecule has 2 fully saturated rings. The molecule has 3 rings (SSSR count). The van der Waals surface area contributed by atoms with Crippen LogP contribution in [0.1, 0.15) is 6.92 Å². The summed E-state index contributed by atoms with van der Waals surface area (Å²) >= 11 is 10.6. The molecular formula is C28H34O10S6. The average Bonchev–Trinajstić information content (AvgIpc) is 3.71. The molecule has 2 unspecified atom stereocenters. The van der Waals surface area contributed by atoms with Gasteiger partial charge >= 0.3 is 23.9 Å². The number of benzene rings is 1. The lowest BCUT2D eigenvalue weighted by Crippen LogP contribution is -2.35. The van der Waals surface area contributed by atoms with Gasteiger partial charge in [-0.3, -0.25) is 0 Å². The Balaban J connectivity index is 1.59. The van der Waals surface area contributed by atoms with Gasteiger partial charge in [0.2, 0.25) is 0 Å². The lowest BCUT2D eigenvalue weighted by molar-refractivity contribution is -0.146. The van der Waals surface area contributed by atoms with Gasteiger partial charge in [-0.2, -0.15) is 11.8 Å². The Hall–Kier alpha value is -1.72. The quantitative estimate of drug-likeness (QED) is 0.112. The van der Waals surface area contributed by atoms with Crippen LogP contribution in [0.15, 0.2) is 48.6 Å². The molecule has 2 aliphatic heterocycles. The lowest BCUT2D eigenvalue weighted by atomic mass is 10.3. The number of rotatable bonds is 19. The Labute approximate surface area is 281 Å². The van der Waals surface area contributed by atoms with Gasteiger partial charge in [-0.1, -0.05) is 6.07 Å². The number of carboxylic acid groups (broad SMARTS) is 2. The van der Waals surface area contributed by atoms with E-state index < -0.39 is 34.9 Å². The zero-order chi connectivity index (χ0) is 31.8. The van der Waals surface area contributed by atoms with E-state index in [4.69, 9.17) is 29.2 Å². The third kappa shape index (κ3) is 15.0. The summed E-state index contributed by atoms with van der Waals surface area (Å²) in [6.45, 7) is 1.78. The first-order chi connectivity index (χ1) is 21.1. The molecule has 2 aliphatic rings. The van der Waals surface area contributed by atoms with Crippen LogP contribution in [0.25, 0.3) is 0 Å². The van der Waals surface area contributed by atoms with Crippen LogP contribution in [0.4, 0.5) is 0 Å². The summed E-state index contributed by atoms with van der Waals surface area (Å²) in [6.07, 6.45) is 2.60. The topological polar surface area (TPSA) is 146 Å². The Morgan fingerprint density at radius 2 is 1.45 bits per heavy atom. The van der Waals surface area contributed by atoms with Crippen LogP contribution in [0.3, 0.4) is 0 Å². The van der Waals surface area contributed by atoms with Gasteiger partial charge < -0.3 is 29.2 Å². The van der Waals surface area contributed by atoms with Gasteiger partial charge in [-0.05, 0) is 19.1 Å². The number of esters is 2. The zero-order valence-corrected chi connectivity index (χ0v) is 28.7. The van der Waals surface area contributed by atoms with Gasteiger partial charge in [-0.25, -0.2) is 19.2 Å². The molecule has 2 N–H and O–H groups in total. The van der Waals surface area contributed by atoms with Crippen LogP contribution in [-0.4, -0.2) is 108 Å². The van der Waals surface area contributed by atoms with Crippen molar-refractivity contribution in [1.82, 2.24) is 0 Å². The number of aliphatic carboxylic acids is 2. The van der Waals surface area contributed by atoms with Crippen molar-refractivity contribution in [3.8, 4) is 11.5 Å². The summed E-state index contributed by atoms with van der Waals surface area (Å²) in [5.74, 6) is 3.35. The van der Waals surface area contributed by atoms with Crippen LogP contribution in [-0.2, 0) is 28.7 Å². The molecule has 0 saturated carbocycles. The van der Waals surface area contributed by atoms with E-state index in [0.29, 0.717) is 32.2 Å². The fourth-order valence-corrected chi connectivity index (χ4v) is 12.1. The first-order valence-corrected chi connectivity index (χ1v) is 19.7. The molecular weight excluding hydrogens is 689 g/mol. The number of carbonyl (C=O) groups excluding carboxylic acids is 2. The van der Waals surface area contributed by atoms with Crippen molar-refractivity contribution in [3.05, 3.63) is 48.6 Å². The molecule has 1 aromatic rings. The third-order valence-electron chi connectivity index (χ3n) is 5.53. The van der Waals surface area contributed by atoms with Gasteiger partial charge in [0.1, 0.15) is 30.8 Å². The summed E-state index contributed by atoms with van der Waals surface area (Å²) < 4.78 is 23.9. The largest absolute Gasteiger partial charge is 0.490 e. The highest BCUT2D eigenvalue weighted by Crippen LogP contribution is 2.39. The van der Waals surface area contributed by atoms with E-state index >= 15 is 0 Å². The minimum absolute atomic E-state index is 0.000193. The molecule has 242 valence electrons. The molecule has 0 spiro atoms. The Bertz CT molecular complexity index is 1170. The molecule has 16 heteroatoms. The second kappa shape index (κ2) is 19.7. The summed E-state index contributed by atoms with van der Waals surface area (Å²) in [5.41, 5.74) is 0. The van der Waals surface area contributed by atoms with Gasteiger partial charge in [0.15, 0.2) is 4.93 Å². The fourth-order valence-electron chi connectivity index (χ4n) is 3.55. The number of hydrogen-bond acceptors (Lipinski definition) is 14. The maximum atomic E-state index is 12.3. The minimum atomic E-state index is -1.25. The van der Waals surface area contributed by atoms with Gasteiger partial charge in [0.25, 0.3) is 0 Å². The number of hydrogen-bond donors (Lipinski definition) is 2. The predicted molar refractivity (Wildman–Crippen MR) is 183 cm³/mol. The van der Waals surface area contributed by atoms with E-state index in [1.54, 1.807) is 43.0 Å². The zero-order valence-electron chi connectivity index (χ0n) is 23.8. The van der Waals surface area contributed by atoms with E-state index in [1.807, 2.05) is 47.0 Å². The second-order valence-corrected chi connectivity index (χ2v) is 17.6. The molecule has 0 amide bonds. The molecule has 44 heavy (non-hydrogen) atoms. The van der Waals surface area contributed by atoms with Crippen molar-refractivity contribution in [2.24, 2.45) is 0 Å². The van der Waals surface area contributed by atoms with Crippen LogP contribution in [0, 0.1) is 0 Å². The molecule has 0 aromatic heterocycles. The van der Waals surface area contributed by atoms with Gasteiger partial charge in [0.05, 0.1) is 9.16 Å². The second-order valence-electron chi connectivity index (χ2n) is 9.22. The van der Waals surface area contributed by atoms with E-state index in [-0.39, 0.29) is 13.2 Å². The first kappa shape index (κ1) is 36.7. The van der Waals surface area contributed by atoms with Crippen LogP contribution in [0.2, 0.25) is 0 Å². The van der Waals surface area contributed by atoms with Crippen molar-refractivity contribution < 1.29 is 48.3 Å². The van der Waals surface area contributed by atoms with Gasteiger partial charge in [0, 0.05) is 70.6 Å². The standard InChI is InChI=1S/C28H34O10S6/c1-28(38-25(34)8-6-23(31)32,44-17-27-42-11-12-43-27)18-36-20-4-2-3-19(13-20)35-14-21(37-24(33)7-5-22(29)30)15-39-16-26-40-9-10-41-26/h2-8,13,21,26-27H,9-12,14-18H2,1H3,(H,29,30)(H,31,32). The molecule has 0 aliphatic carbocycles. The van der Waals surface area contributed by atoms with E-state index in [1.165, 1.54) is 11.8 Å². The van der Waals surface area contributed by atoms with E-state index in [9.17, 15) is 19.2 Å². The van der Waals surface area contributed by atoms with Crippen molar-refractivity contribution in [1.29, 1.82) is 0 Å². The van der Waals surface area contributed by atoms with E-state index in [2.05, 4.69) is 0 Å². The first-order valence-electron chi connectivity index (χ1n) is 13.4. The SMILES string of the molecule is CC(COc1cccc(OCC(CSCC2SCCS2)OC(=O)C=CC(=O)O)c1)(OC(=O)C=CC(=O)O)SCC1SCCS1. The number of thioether (sulfide) groups is 6. The fraction of sp³-hybridized carbons (Fsp3) is 0.500. The summed E-state index contributed by atoms with van der Waals surface area (Å²) in [5, 5.41) is 17.6. The average molecular weight is 723 g/mol. The van der Waals surface area contributed by atoms with Crippen molar-refractivity contribution in [3.63, 3.8) is 0 Å². The highest BCUT2D eigenvalue weighted by atomic mass is 32.2. The number of carbonyl (C=O) groups is 4. The Morgan fingerprint density at radius 1 is 0.886 bits per heavy atom. The molecule has 2 atom stereocenters. The Morgan fingerprint density at radius 3 is 2.07 bits per heavy atom. The number of ether oxygens (including phenoxy) is 4. The van der Waals surface area contributed by atoms with Crippen LogP contribution < -0.4 is 9.47 Å². The maximum Gasteiger partial charge on any atom is 0.332 e. The van der Waals surface area contributed by atoms with Crippen molar-refractivity contribution >= 4 is 94.4 Å². The molecule has 1 aromatic carbocycles. The normalized spacial score (nSPS) is 17.8. The van der Waals surface area contributed by atoms with Crippen LogP contribution in [0.5, 0.6) is 11.5 Å². The maximum absolute atomic E-state index is 12.3. The smallest absolute Gasteiger partial charge is 0.332 e. The monoisotopic (exact) mass is 722 g/mol. The third-order valence-corrected chi connectivity index (χ3v) is 14.9. The molecule has 10 nitrogen and oxygen atoms in total. The van der Waals surface area contributed by atoms with Crippen molar-refractivity contribution in [2.45, 2.75) is 27.1 Å². The molecule has 0 radical (unpaired) electrons. The lowest BCUT2D eigenvalue weighted by Gasteiger charge is -2.29. The number of carboxylic acids is 2. The minimum Gasteiger partial charge on any atom is -0.490 e. The van der Waals surface area contributed by atoms with Gasteiger partial charge in [-0.15, -0.1) is 58.8 Å². The molecule has 0 bridgehead atoms. The van der Waals surface area contributed by atoms with Crippen molar-refractivity contribution in [2.75, 3.05) is 53.5 Å². The van der Waals surface area contributed by atoms with E-state index in [0.717, 1.165) is 53.1 Å². The predicted octanol–water partition coefficient (Wildman–Crippen LogP) is 4.98. The highest BCUT2D eigenvalue weighted by Gasteiger charge is 2.32. The summed E-state index contributed by atoms with van der Waals surface area (Å²) in [4.78, 5) is 45.0. The molecule has 2 heterocycles. The summed E-state index contributed by atoms with van der Waals surface area (Å²) in [6, 6.07) is 6.87. The Kier molecular flexibility index (Phi) is 16.5. The highest BCUT2D eigenvalue weighted by molar-refractivity contribution is 8.21. The summed E-state index contributed by atoms with van der Waals surface area (Å²) in [7, 11) is 0. The molecule has 2 saturated heterocycles. The van der Waals surface area contributed by atoms with Crippen LogP contribution >= 0.6 is 70.6 Å².